The van der Waals surface area contributed by atoms with Crippen LogP contribution in [0.4, 0.5) is 0 Å². The summed E-state index contributed by atoms with van der Waals surface area (Å²) >= 11 is 1.74. The average molecular weight is 323 g/mol. The predicted octanol–water partition coefficient (Wildman–Crippen LogP) is 3.17. The predicted molar refractivity (Wildman–Crippen MR) is 90.7 cm³/mol. The van der Waals surface area contributed by atoms with E-state index in [9.17, 15) is 0 Å². The van der Waals surface area contributed by atoms with Crippen molar-refractivity contribution in [1.29, 1.82) is 0 Å². The van der Waals surface area contributed by atoms with Crippen molar-refractivity contribution in [3.63, 3.8) is 0 Å². The first-order chi connectivity index (χ1) is 11.3. The van der Waals surface area contributed by atoms with Crippen molar-refractivity contribution in [2.24, 2.45) is 0 Å². The first-order valence-corrected chi connectivity index (χ1v) is 8.53. The Morgan fingerprint density at radius 1 is 1.09 bits per heavy atom. The van der Waals surface area contributed by atoms with E-state index in [0.717, 1.165) is 35.6 Å². The summed E-state index contributed by atoms with van der Waals surface area (Å²) in [6.45, 7) is 3.82. The molecule has 6 heteroatoms. The third-order valence-corrected chi connectivity index (χ3v) is 5.03. The highest BCUT2D eigenvalue weighted by molar-refractivity contribution is 7.99. The summed E-state index contributed by atoms with van der Waals surface area (Å²) in [5.74, 6) is 1.87. The molecule has 0 unspecified atom stereocenters. The van der Waals surface area contributed by atoms with Crippen molar-refractivity contribution in [1.82, 2.24) is 24.6 Å². The van der Waals surface area contributed by atoms with Crippen LogP contribution in [0.15, 0.2) is 53.9 Å². The fourth-order valence-corrected chi connectivity index (χ4v) is 3.65. The summed E-state index contributed by atoms with van der Waals surface area (Å²) in [6, 6.07) is 12.5. The van der Waals surface area contributed by atoms with Crippen LogP contribution >= 0.6 is 11.8 Å². The molecule has 0 spiro atoms. The van der Waals surface area contributed by atoms with Crippen LogP contribution in [-0.2, 0) is 13.2 Å². The van der Waals surface area contributed by atoms with Crippen molar-refractivity contribution in [3.05, 3.63) is 59.9 Å². The number of fused-ring (bicyclic) bond motifs is 1. The third-order valence-electron chi connectivity index (χ3n) is 3.98. The molecule has 0 saturated carbocycles. The molecular weight excluding hydrogens is 306 g/mol. The lowest BCUT2D eigenvalue weighted by Gasteiger charge is -2.27. The van der Waals surface area contributed by atoms with Crippen LogP contribution in [-0.4, -0.2) is 30.5 Å². The number of hydrogen-bond donors (Lipinski definition) is 0. The zero-order chi connectivity index (χ0) is 15.6. The van der Waals surface area contributed by atoms with Crippen LogP contribution in [0.1, 0.15) is 11.1 Å². The Balaban J connectivity index is 1.62. The minimum Gasteiger partial charge on any atom is -0.288 e. The van der Waals surface area contributed by atoms with Gasteiger partial charge in [-0.1, -0.05) is 36.0 Å². The molecule has 116 valence electrons. The lowest BCUT2D eigenvalue weighted by Crippen LogP contribution is -2.30. The molecule has 1 aliphatic heterocycles. The van der Waals surface area contributed by atoms with Gasteiger partial charge in [0.2, 0.25) is 0 Å². The van der Waals surface area contributed by atoms with E-state index < -0.39 is 0 Å². The fraction of sp³-hybridized carbons (Fsp3) is 0.235. The van der Waals surface area contributed by atoms with Gasteiger partial charge < -0.3 is 0 Å². The lowest BCUT2D eigenvalue weighted by molar-refractivity contribution is 0.231. The van der Waals surface area contributed by atoms with Crippen molar-refractivity contribution in [2.75, 3.05) is 5.88 Å². The summed E-state index contributed by atoms with van der Waals surface area (Å²) in [5.41, 5.74) is 3.64. The van der Waals surface area contributed by atoms with Gasteiger partial charge in [-0.3, -0.25) is 14.5 Å². The molecule has 0 saturated heterocycles. The second-order valence-corrected chi connectivity index (χ2v) is 6.56. The maximum absolute atomic E-state index is 4.43. The normalized spacial score (nSPS) is 14.7. The topological polar surface area (TPSA) is 46.8 Å². The Bertz CT molecular complexity index is 815. The monoisotopic (exact) mass is 323 g/mol. The summed E-state index contributed by atoms with van der Waals surface area (Å²) < 4.78 is 2.21. The van der Waals surface area contributed by atoms with Gasteiger partial charge in [-0.25, -0.2) is 0 Å². The molecule has 0 atom stereocenters. The molecule has 5 nitrogen and oxygen atoms in total. The van der Waals surface area contributed by atoms with Gasteiger partial charge in [0.05, 0.1) is 12.5 Å². The molecule has 4 rings (SSSR count). The molecule has 23 heavy (non-hydrogen) atoms. The second-order valence-electron chi connectivity index (χ2n) is 5.65. The Kier molecular flexibility index (Phi) is 3.85. The number of rotatable bonds is 3. The highest BCUT2D eigenvalue weighted by Crippen LogP contribution is 2.30. The first-order valence-electron chi connectivity index (χ1n) is 7.54. The van der Waals surface area contributed by atoms with Crippen LogP contribution in [0.5, 0.6) is 0 Å². The van der Waals surface area contributed by atoms with E-state index in [1.165, 1.54) is 11.1 Å². The van der Waals surface area contributed by atoms with E-state index in [4.69, 9.17) is 0 Å². The molecule has 0 aliphatic carbocycles. The van der Waals surface area contributed by atoms with E-state index in [-0.39, 0.29) is 0 Å². The molecule has 1 aromatic carbocycles. The van der Waals surface area contributed by atoms with Gasteiger partial charge in [0, 0.05) is 24.5 Å². The van der Waals surface area contributed by atoms with Crippen LogP contribution in [0.25, 0.3) is 11.4 Å². The number of nitrogens with zero attached hydrogens (tertiary/aromatic N) is 5. The standard InChI is InChI=1S/C17H17N5S/c1-13-4-2-3-5-15(13)16-19-20-17-22(16)11-21(12-23-17)10-14-6-8-18-9-7-14/h2-9H,10-12H2,1H3. The van der Waals surface area contributed by atoms with Crippen molar-refractivity contribution in [3.8, 4) is 11.4 Å². The number of pyridine rings is 1. The highest BCUT2D eigenvalue weighted by atomic mass is 32.2. The molecule has 0 amide bonds. The fourth-order valence-electron chi connectivity index (χ4n) is 2.78. The van der Waals surface area contributed by atoms with Gasteiger partial charge in [0.1, 0.15) is 0 Å². The molecular formula is C17H17N5S. The largest absolute Gasteiger partial charge is 0.288 e. The van der Waals surface area contributed by atoms with E-state index >= 15 is 0 Å². The molecule has 3 heterocycles. The van der Waals surface area contributed by atoms with Crippen LogP contribution in [0.3, 0.4) is 0 Å². The summed E-state index contributed by atoms with van der Waals surface area (Å²) in [5, 5.41) is 9.78. The number of thioether (sulfide) groups is 1. The van der Waals surface area contributed by atoms with Gasteiger partial charge in [-0.05, 0) is 30.2 Å². The summed E-state index contributed by atoms with van der Waals surface area (Å²) in [7, 11) is 0. The maximum atomic E-state index is 4.43. The van der Waals surface area contributed by atoms with Crippen molar-refractivity contribution in [2.45, 2.75) is 25.3 Å². The van der Waals surface area contributed by atoms with Gasteiger partial charge in [0.15, 0.2) is 11.0 Å². The van der Waals surface area contributed by atoms with Crippen LogP contribution < -0.4 is 0 Å². The molecule has 0 N–H and O–H groups in total. The Morgan fingerprint density at radius 2 is 1.91 bits per heavy atom. The van der Waals surface area contributed by atoms with E-state index in [2.05, 4.69) is 68.0 Å². The summed E-state index contributed by atoms with van der Waals surface area (Å²) in [4.78, 5) is 6.47. The maximum Gasteiger partial charge on any atom is 0.193 e. The SMILES string of the molecule is Cc1ccccc1-c1nnc2n1CN(Cc1ccncc1)CS2. The number of hydrogen-bond acceptors (Lipinski definition) is 5. The summed E-state index contributed by atoms with van der Waals surface area (Å²) in [6.07, 6.45) is 3.69. The van der Waals surface area contributed by atoms with Crippen molar-refractivity contribution >= 4 is 11.8 Å². The minimum absolute atomic E-state index is 0.807. The average Bonchev–Trinajstić information content (AvgIpc) is 2.99. The second kappa shape index (κ2) is 6.14. The molecule has 0 radical (unpaired) electrons. The lowest BCUT2D eigenvalue weighted by atomic mass is 10.1. The Hall–Kier alpha value is -2.18. The zero-order valence-electron chi connectivity index (χ0n) is 12.9. The van der Waals surface area contributed by atoms with E-state index in [1.54, 1.807) is 11.8 Å². The number of aryl methyl sites for hydroxylation is 1. The van der Waals surface area contributed by atoms with Crippen LogP contribution in [0.2, 0.25) is 0 Å². The van der Waals surface area contributed by atoms with Gasteiger partial charge in [0.25, 0.3) is 0 Å². The van der Waals surface area contributed by atoms with Crippen LogP contribution in [0, 0.1) is 6.92 Å². The van der Waals surface area contributed by atoms with E-state index in [0.29, 0.717) is 0 Å². The zero-order valence-corrected chi connectivity index (χ0v) is 13.7. The number of benzene rings is 1. The smallest absolute Gasteiger partial charge is 0.193 e. The number of aromatic nitrogens is 4. The van der Waals surface area contributed by atoms with Gasteiger partial charge in [-0.15, -0.1) is 10.2 Å². The van der Waals surface area contributed by atoms with Gasteiger partial charge in [-0.2, -0.15) is 0 Å². The van der Waals surface area contributed by atoms with E-state index in [1.807, 2.05) is 12.4 Å². The Labute approximate surface area is 139 Å². The third kappa shape index (κ3) is 2.87. The Morgan fingerprint density at radius 3 is 2.74 bits per heavy atom. The quantitative estimate of drug-likeness (QED) is 0.741. The first kappa shape index (κ1) is 14.4. The molecule has 3 aromatic rings. The highest BCUT2D eigenvalue weighted by Gasteiger charge is 2.23. The molecule has 2 aromatic heterocycles. The van der Waals surface area contributed by atoms with Gasteiger partial charge >= 0.3 is 0 Å². The minimum atomic E-state index is 0.807. The van der Waals surface area contributed by atoms with Crippen molar-refractivity contribution < 1.29 is 0 Å². The molecule has 1 aliphatic rings. The molecule has 0 fully saturated rings. The molecule has 0 bridgehead atoms.